The van der Waals surface area contributed by atoms with E-state index in [1.807, 2.05) is 36.4 Å². The Balaban J connectivity index is 1.99. The molecule has 1 N–H and O–H groups in total. The Kier molecular flexibility index (Phi) is 4.52. The number of nitrogens with one attached hydrogen (secondary N) is 1. The van der Waals surface area contributed by atoms with Crippen molar-refractivity contribution in [2.75, 3.05) is 0 Å². The zero-order valence-corrected chi connectivity index (χ0v) is 14.4. The third-order valence-electron chi connectivity index (χ3n) is 2.92. The molecule has 0 aliphatic carbocycles. The minimum Gasteiger partial charge on any atom is -0.250 e. The molecule has 0 spiro atoms. The molecule has 3 rings (SSSR count). The minimum atomic E-state index is 0.427. The summed E-state index contributed by atoms with van der Waals surface area (Å²) in [5, 5.41) is 12.1. The minimum absolute atomic E-state index is 0.427. The largest absolute Gasteiger partial charge is 0.250 e. The summed E-state index contributed by atoms with van der Waals surface area (Å²) in [6.45, 7) is 0. The Labute approximate surface area is 145 Å². The second-order valence-corrected chi connectivity index (χ2v) is 6.21. The van der Waals surface area contributed by atoms with Gasteiger partial charge in [-0.2, -0.15) is 14.9 Å². The van der Waals surface area contributed by atoms with E-state index in [9.17, 15) is 0 Å². The van der Waals surface area contributed by atoms with Crippen LogP contribution in [0.5, 0.6) is 0 Å². The lowest BCUT2D eigenvalue weighted by molar-refractivity contribution is 0.871. The van der Waals surface area contributed by atoms with Crippen molar-refractivity contribution in [2.45, 2.75) is 0 Å². The van der Waals surface area contributed by atoms with Gasteiger partial charge in [-0.1, -0.05) is 39.7 Å². The number of rotatable bonds is 3. The van der Waals surface area contributed by atoms with E-state index in [0.29, 0.717) is 15.6 Å². The number of nitrogens with zero attached hydrogens (tertiary/aromatic N) is 3. The van der Waals surface area contributed by atoms with Crippen LogP contribution in [-0.4, -0.2) is 21.1 Å². The molecule has 1 heterocycles. The fourth-order valence-corrected chi connectivity index (χ4v) is 2.62. The summed E-state index contributed by atoms with van der Waals surface area (Å²) in [7, 11) is 0. The Bertz CT molecular complexity index is 883. The van der Waals surface area contributed by atoms with Gasteiger partial charge in [0.05, 0.1) is 6.21 Å². The van der Waals surface area contributed by atoms with Crippen molar-refractivity contribution >= 4 is 46.0 Å². The van der Waals surface area contributed by atoms with E-state index in [-0.39, 0.29) is 0 Å². The molecule has 0 bridgehead atoms. The van der Waals surface area contributed by atoms with Crippen molar-refractivity contribution in [3.63, 3.8) is 0 Å². The first-order valence-corrected chi connectivity index (χ1v) is 7.95. The lowest BCUT2D eigenvalue weighted by atomic mass is 10.2. The Morgan fingerprint density at radius 1 is 1.23 bits per heavy atom. The van der Waals surface area contributed by atoms with Crippen LogP contribution in [0.25, 0.3) is 11.4 Å². The molecule has 0 fully saturated rings. The highest BCUT2D eigenvalue weighted by atomic mass is 79.9. The van der Waals surface area contributed by atoms with Crippen molar-refractivity contribution in [1.82, 2.24) is 14.9 Å². The zero-order chi connectivity index (χ0) is 15.5. The first-order chi connectivity index (χ1) is 10.6. The first kappa shape index (κ1) is 15.1. The highest BCUT2D eigenvalue weighted by Crippen LogP contribution is 2.20. The first-order valence-electron chi connectivity index (χ1n) is 6.37. The van der Waals surface area contributed by atoms with E-state index >= 15 is 0 Å². The maximum Gasteiger partial charge on any atom is 0.216 e. The molecule has 0 aliphatic heterocycles. The van der Waals surface area contributed by atoms with Crippen LogP contribution >= 0.6 is 39.7 Å². The van der Waals surface area contributed by atoms with Crippen LogP contribution in [0.15, 0.2) is 58.1 Å². The van der Waals surface area contributed by atoms with Gasteiger partial charge in [-0.05, 0) is 54.2 Å². The standard InChI is InChI=1S/C15H10BrClN4S/c16-12-3-1-2-10(8-12)9-18-21-14(19-20-15(21)22)11-4-6-13(17)7-5-11/h1-9H,(H,20,22). The van der Waals surface area contributed by atoms with Crippen LogP contribution < -0.4 is 0 Å². The highest BCUT2D eigenvalue weighted by molar-refractivity contribution is 9.10. The van der Waals surface area contributed by atoms with Gasteiger partial charge in [-0.15, -0.1) is 0 Å². The maximum atomic E-state index is 5.91. The molecule has 0 saturated heterocycles. The van der Waals surface area contributed by atoms with Gasteiger partial charge in [0.15, 0.2) is 5.82 Å². The van der Waals surface area contributed by atoms with Crippen molar-refractivity contribution in [3.05, 3.63) is 68.4 Å². The second kappa shape index (κ2) is 6.56. The van der Waals surface area contributed by atoms with Gasteiger partial charge in [0.2, 0.25) is 4.77 Å². The van der Waals surface area contributed by atoms with E-state index in [2.05, 4.69) is 31.2 Å². The lowest BCUT2D eigenvalue weighted by Crippen LogP contribution is -1.95. The maximum absolute atomic E-state index is 5.91. The summed E-state index contributed by atoms with van der Waals surface area (Å²) in [4.78, 5) is 0. The summed E-state index contributed by atoms with van der Waals surface area (Å²) in [6.07, 6.45) is 1.73. The van der Waals surface area contributed by atoms with Crippen LogP contribution in [0.2, 0.25) is 5.02 Å². The van der Waals surface area contributed by atoms with E-state index < -0.39 is 0 Å². The van der Waals surface area contributed by atoms with Crippen molar-refractivity contribution in [1.29, 1.82) is 0 Å². The van der Waals surface area contributed by atoms with Gasteiger partial charge in [-0.3, -0.25) is 0 Å². The third-order valence-corrected chi connectivity index (χ3v) is 3.93. The fraction of sp³-hybridized carbons (Fsp3) is 0. The molecule has 4 nitrogen and oxygen atoms in total. The number of H-pyrrole nitrogens is 1. The van der Waals surface area contributed by atoms with Crippen LogP contribution in [0.3, 0.4) is 0 Å². The summed E-state index contributed by atoms with van der Waals surface area (Å²) >= 11 is 14.6. The second-order valence-electron chi connectivity index (χ2n) is 4.47. The van der Waals surface area contributed by atoms with Gasteiger partial charge < -0.3 is 0 Å². The number of hydrogen-bond donors (Lipinski definition) is 1. The van der Waals surface area contributed by atoms with E-state index in [1.165, 1.54) is 0 Å². The topological polar surface area (TPSA) is 46.0 Å². The molecule has 0 aliphatic rings. The summed E-state index contributed by atoms with van der Waals surface area (Å²) in [5.41, 5.74) is 1.84. The SMILES string of the molecule is S=c1[nH]nc(-c2ccc(Cl)cc2)n1N=Cc1cccc(Br)c1. The normalized spacial score (nSPS) is 11.2. The van der Waals surface area contributed by atoms with Crippen LogP contribution in [0, 0.1) is 4.77 Å². The van der Waals surface area contributed by atoms with Gasteiger partial charge in [-0.25, -0.2) is 5.10 Å². The van der Waals surface area contributed by atoms with Crippen LogP contribution in [-0.2, 0) is 0 Å². The Hall–Kier alpha value is -1.76. The quantitative estimate of drug-likeness (QED) is 0.508. The van der Waals surface area contributed by atoms with E-state index in [0.717, 1.165) is 15.6 Å². The van der Waals surface area contributed by atoms with Gasteiger partial charge in [0.25, 0.3) is 0 Å². The predicted molar refractivity (Wildman–Crippen MR) is 95.0 cm³/mol. The van der Waals surface area contributed by atoms with Gasteiger partial charge >= 0.3 is 0 Å². The molecule has 22 heavy (non-hydrogen) atoms. The average molecular weight is 394 g/mol. The molecule has 3 aromatic rings. The summed E-state index contributed by atoms with van der Waals surface area (Å²) in [5.74, 6) is 0.632. The molecule has 0 atom stereocenters. The van der Waals surface area contributed by atoms with Gasteiger partial charge in [0.1, 0.15) is 0 Å². The molecule has 1 aromatic heterocycles. The molecule has 7 heteroatoms. The van der Waals surface area contributed by atoms with Crippen molar-refractivity contribution in [2.24, 2.45) is 5.10 Å². The van der Waals surface area contributed by atoms with Crippen LogP contribution in [0.1, 0.15) is 5.56 Å². The third kappa shape index (κ3) is 3.35. The van der Waals surface area contributed by atoms with Gasteiger partial charge in [0, 0.05) is 15.1 Å². The van der Waals surface area contributed by atoms with Crippen molar-refractivity contribution in [3.8, 4) is 11.4 Å². The average Bonchev–Trinajstić information content (AvgIpc) is 2.87. The number of hydrogen-bond acceptors (Lipinski definition) is 3. The highest BCUT2D eigenvalue weighted by Gasteiger charge is 2.07. The molecule has 0 amide bonds. The number of benzene rings is 2. The number of halogens is 2. The molecular formula is C15H10BrClN4S. The summed E-state index contributed by atoms with van der Waals surface area (Å²) < 4.78 is 3.00. The number of aromatic amines is 1. The smallest absolute Gasteiger partial charge is 0.216 e. The molecule has 0 saturated carbocycles. The molecule has 0 unspecified atom stereocenters. The Morgan fingerprint density at radius 3 is 2.73 bits per heavy atom. The number of aromatic nitrogens is 3. The zero-order valence-electron chi connectivity index (χ0n) is 11.2. The summed E-state index contributed by atoms with van der Waals surface area (Å²) in [6, 6.07) is 15.2. The molecular weight excluding hydrogens is 384 g/mol. The predicted octanol–water partition coefficient (Wildman–Crippen LogP) is 4.91. The van der Waals surface area contributed by atoms with E-state index in [1.54, 1.807) is 23.0 Å². The van der Waals surface area contributed by atoms with Crippen molar-refractivity contribution < 1.29 is 0 Å². The fourth-order valence-electron chi connectivity index (χ4n) is 1.90. The Morgan fingerprint density at radius 2 is 2.00 bits per heavy atom. The van der Waals surface area contributed by atoms with E-state index in [4.69, 9.17) is 23.8 Å². The van der Waals surface area contributed by atoms with Crippen LogP contribution in [0.4, 0.5) is 0 Å². The molecule has 110 valence electrons. The molecule has 0 radical (unpaired) electrons. The molecule has 2 aromatic carbocycles. The monoisotopic (exact) mass is 392 g/mol. The lowest BCUT2D eigenvalue weighted by Gasteiger charge is -2.01.